The van der Waals surface area contributed by atoms with E-state index in [0.717, 1.165) is 22.4 Å². The van der Waals surface area contributed by atoms with Gasteiger partial charge in [-0.15, -0.1) is 0 Å². The zero-order valence-corrected chi connectivity index (χ0v) is 13.9. The van der Waals surface area contributed by atoms with Gasteiger partial charge in [-0.3, -0.25) is 4.79 Å². The quantitative estimate of drug-likeness (QED) is 0.683. The minimum atomic E-state index is -0.182. The van der Waals surface area contributed by atoms with Crippen molar-refractivity contribution in [2.75, 3.05) is 31.4 Å². The highest BCUT2D eigenvalue weighted by Crippen LogP contribution is 2.39. The number of nitrogens with one attached hydrogen (secondary N) is 1. The van der Waals surface area contributed by atoms with E-state index in [9.17, 15) is 4.79 Å². The number of nitrogens with zero attached hydrogens (tertiary/aromatic N) is 1. The molecule has 1 heterocycles. The van der Waals surface area contributed by atoms with Gasteiger partial charge in [0.05, 0.1) is 29.7 Å². The summed E-state index contributed by atoms with van der Waals surface area (Å²) in [6, 6.07) is 11.8. The third kappa shape index (κ3) is 2.78. The van der Waals surface area contributed by atoms with Crippen molar-refractivity contribution in [3.05, 3.63) is 53.2 Å². The van der Waals surface area contributed by atoms with Gasteiger partial charge in [0.15, 0.2) is 0 Å². The molecule has 5 heteroatoms. The van der Waals surface area contributed by atoms with Gasteiger partial charge in [0, 0.05) is 30.9 Å². The Labute approximate surface area is 140 Å². The molecule has 2 aromatic carbocycles. The van der Waals surface area contributed by atoms with E-state index in [0.29, 0.717) is 16.3 Å². The molecule has 0 saturated carbocycles. The minimum absolute atomic E-state index is 0.182. The summed E-state index contributed by atoms with van der Waals surface area (Å²) in [5, 5.41) is 3.40. The molecule has 0 fully saturated rings. The Kier molecular flexibility index (Phi) is 4.01. The number of anilines is 2. The Morgan fingerprint density at radius 2 is 1.83 bits per heavy atom. The van der Waals surface area contributed by atoms with Crippen LogP contribution in [0.3, 0.4) is 0 Å². The van der Waals surface area contributed by atoms with Crippen molar-refractivity contribution in [2.45, 2.75) is 0 Å². The Bertz CT molecular complexity index is 795. The lowest BCUT2D eigenvalue weighted by atomic mass is 9.99. The fraction of sp³-hybridized carbons (Fsp3) is 0.167. The Morgan fingerprint density at radius 3 is 2.43 bits per heavy atom. The van der Waals surface area contributed by atoms with Crippen molar-refractivity contribution in [1.82, 2.24) is 0 Å². The second-order valence-electron chi connectivity index (χ2n) is 5.54. The van der Waals surface area contributed by atoms with Crippen LogP contribution in [0.25, 0.3) is 16.7 Å². The van der Waals surface area contributed by atoms with Crippen LogP contribution in [0, 0.1) is 0 Å². The molecule has 0 saturated heterocycles. The van der Waals surface area contributed by atoms with E-state index in [1.165, 1.54) is 13.4 Å². The van der Waals surface area contributed by atoms with Crippen molar-refractivity contribution >= 4 is 34.5 Å². The molecule has 0 aliphatic carbocycles. The first-order valence-corrected chi connectivity index (χ1v) is 7.55. The summed E-state index contributed by atoms with van der Waals surface area (Å²) in [5.41, 5.74) is 5.01. The average molecular weight is 329 g/mol. The topological polar surface area (TPSA) is 41.6 Å². The highest BCUT2D eigenvalue weighted by Gasteiger charge is 2.26. The number of rotatable bonds is 3. The van der Waals surface area contributed by atoms with Crippen LogP contribution >= 0.6 is 11.6 Å². The smallest absolute Gasteiger partial charge is 0.259 e. The molecule has 118 valence electrons. The molecule has 3 rings (SSSR count). The standard InChI is InChI=1S/C18H17ClN2O2/c1-21(2)12-6-4-11(5-7-12)13-8-14-15(10-23-3)18(22)20-17(14)9-16(13)19/h4-10H,1-3H3,(H,20,22)/b15-10+. The van der Waals surface area contributed by atoms with E-state index < -0.39 is 0 Å². The van der Waals surface area contributed by atoms with Gasteiger partial charge in [-0.05, 0) is 29.8 Å². The molecule has 0 spiro atoms. The van der Waals surface area contributed by atoms with Crippen LogP contribution < -0.4 is 10.2 Å². The Morgan fingerprint density at radius 1 is 1.13 bits per heavy atom. The third-order valence-corrected chi connectivity index (χ3v) is 4.13. The number of carbonyl (C=O) groups is 1. The van der Waals surface area contributed by atoms with Crippen LogP contribution in [0.2, 0.25) is 5.02 Å². The van der Waals surface area contributed by atoms with E-state index in [2.05, 4.69) is 5.32 Å². The molecule has 2 aromatic rings. The van der Waals surface area contributed by atoms with E-state index in [1.54, 1.807) is 6.07 Å². The summed E-state index contributed by atoms with van der Waals surface area (Å²) >= 11 is 6.40. The molecular formula is C18H17ClN2O2. The number of fused-ring (bicyclic) bond motifs is 1. The van der Waals surface area contributed by atoms with E-state index in [1.807, 2.05) is 49.3 Å². The zero-order valence-electron chi connectivity index (χ0n) is 13.2. The van der Waals surface area contributed by atoms with Gasteiger partial charge >= 0.3 is 0 Å². The first kappa shape index (κ1) is 15.4. The number of ether oxygens (including phenoxy) is 1. The minimum Gasteiger partial charge on any atom is -0.504 e. The Balaban J connectivity index is 2.08. The van der Waals surface area contributed by atoms with Crippen molar-refractivity contribution in [1.29, 1.82) is 0 Å². The van der Waals surface area contributed by atoms with Crippen molar-refractivity contribution < 1.29 is 9.53 Å². The van der Waals surface area contributed by atoms with Crippen LogP contribution in [0.5, 0.6) is 0 Å². The lowest BCUT2D eigenvalue weighted by molar-refractivity contribution is -0.110. The van der Waals surface area contributed by atoms with Gasteiger partial charge in [-0.1, -0.05) is 23.7 Å². The van der Waals surface area contributed by atoms with E-state index in [-0.39, 0.29) is 5.91 Å². The van der Waals surface area contributed by atoms with Crippen molar-refractivity contribution in [3.63, 3.8) is 0 Å². The van der Waals surface area contributed by atoms with Crippen LogP contribution in [0.4, 0.5) is 11.4 Å². The van der Waals surface area contributed by atoms with Crippen LogP contribution in [0.15, 0.2) is 42.7 Å². The van der Waals surface area contributed by atoms with Gasteiger partial charge in [-0.25, -0.2) is 0 Å². The summed E-state index contributed by atoms with van der Waals surface area (Å²) in [6.45, 7) is 0. The maximum absolute atomic E-state index is 12.0. The molecule has 0 radical (unpaired) electrons. The molecule has 0 unspecified atom stereocenters. The van der Waals surface area contributed by atoms with Crippen LogP contribution in [-0.4, -0.2) is 27.1 Å². The molecule has 1 aliphatic heterocycles. The molecule has 23 heavy (non-hydrogen) atoms. The molecule has 1 N–H and O–H groups in total. The van der Waals surface area contributed by atoms with Gasteiger partial charge in [-0.2, -0.15) is 0 Å². The molecule has 4 nitrogen and oxygen atoms in total. The maximum Gasteiger partial charge on any atom is 0.259 e. The average Bonchev–Trinajstić information content (AvgIpc) is 2.82. The molecule has 0 aromatic heterocycles. The van der Waals surface area contributed by atoms with Crippen molar-refractivity contribution in [2.24, 2.45) is 0 Å². The van der Waals surface area contributed by atoms with Gasteiger partial charge in [0.2, 0.25) is 0 Å². The van der Waals surface area contributed by atoms with Crippen molar-refractivity contribution in [3.8, 4) is 11.1 Å². The van der Waals surface area contributed by atoms with E-state index in [4.69, 9.17) is 16.3 Å². The molecule has 1 amide bonds. The van der Waals surface area contributed by atoms with Gasteiger partial charge < -0.3 is 15.0 Å². The first-order valence-electron chi connectivity index (χ1n) is 7.17. The number of hydrogen-bond donors (Lipinski definition) is 1. The first-order chi connectivity index (χ1) is 11.0. The molecule has 0 atom stereocenters. The number of benzene rings is 2. The summed E-state index contributed by atoms with van der Waals surface area (Å²) in [5.74, 6) is -0.182. The van der Waals surface area contributed by atoms with Gasteiger partial charge in [0.1, 0.15) is 0 Å². The lowest BCUT2D eigenvalue weighted by Crippen LogP contribution is -2.07. The predicted octanol–water partition coefficient (Wildman–Crippen LogP) is 4.01. The number of halogens is 1. The second-order valence-corrected chi connectivity index (χ2v) is 5.95. The number of carbonyl (C=O) groups excluding carboxylic acids is 1. The highest BCUT2D eigenvalue weighted by molar-refractivity contribution is 6.36. The summed E-state index contributed by atoms with van der Waals surface area (Å²) in [4.78, 5) is 14.0. The SMILES string of the molecule is CO/C=C1/C(=O)Nc2cc(Cl)c(-c3ccc(N(C)C)cc3)cc21. The lowest BCUT2D eigenvalue weighted by Gasteiger charge is -2.13. The molecule has 0 bridgehead atoms. The third-order valence-electron chi connectivity index (χ3n) is 3.82. The second kappa shape index (κ2) is 5.97. The highest BCUT2D eigenvalue weighted by atomic mass is 35.5. The largest absolute Gasteiger partial charge is 0.504 e. The normalized spacial score (nSPS) is 14.6. The Hall–Kier alpha value is -2.46. The molecular weight excluding hydrogens is 312 g/mol. The molecule has 1 aliphatic rings. The number of amides is 1. The number of methoxy groups -OCH3 is 1. The number of hydrogen-bond acceptors (Lipinski definition) is 3. The maximum atomic E-state index is 12.0. The fourth-order valence-corrected chi connectivity index (χ4v) is 2.88. The predicted molar refractivity (Wildman–Crippen MR) is 94.8 cm³/mol. The summed E-state index contributed by atoms with van der Waals surface area (Å²) < 4.78 is 5.01. The van der Waals surface area contributed by atoms with Crippen LogP contribution in [0.1, 0.15) is 5.56 Å². The van der Waals surface area contributed by atoms with Gasteiger partial charge in [0.25, 0.3) is 5.91 Å². The fourth-order valence-electron chi connectivity index (χ4n) is 2.61. The van der Waals surface area contributed by atoms with Crippen LogP contribution in [-0.2, 0) is 9.53 Å². The zero-order chi connectivity index (χ0) is 16.6. The monoisotopic (exact) mass is 328 g/mol. The summed E-state index contributed by atoms with van der Waals surface area (Å²) in [7, 11) is 5.52. The summed E-state index contributed by atoms with van der Waals surface area (Å²) in [6.07, 6.45) is 1.45. The van der Waals surface area contributed by atoms with E-state index >= 15 is 0 Å².